The lowest BCUT2D eigenvalue weighted by molar-refractivity contribution is -0.118. The largest absolute Gasteiger partial charge is 0.383 e. The van der Waals surface area contributed by atoms with Crippen LogP contribution in [0.4, 0.5) is 4.39 Å². The number of hydrogen-bond donors (Lipinski definition) is 1. The molecule has 27 heavy (non-hydrogen) atoms. The highest BCUT2D eigenvalue weighted by Gasteiger charge is 2.15. The fraction of sp³-hybridized carbons (Fsp3) is 0.278. The Labute approximate surface area is 163 Å². The number of nitrogens with zero attached hydrogens (tertiary/aromatic N) is 2. The molecule has 1 aromatic carbocycles. The van der Waals surface area contributed by atoms with E-state index in [0.29, 0.717) is 34.1 Å². The number of nitrogens with one attached hydrogen (secondary N) is 1. The Balaban J connectivity index is 1.87. The second-order valence-electron chi connectivity index (χ2n) is 5.64. The second-order valence-corrected chi connectivity index (χ2v) is 7.50. The van der Waals surface area contributed by atoms with Crippen LogP contribution in [-0.2, 0) is 16.1 Å². The van der Waals surface area contributed by atoms with Crippen molar-refractivity contribution in [3.8, 4) is 0 Å². The van der Waals surface area contributed by atoms with Gasteiger partial charge in [0.1, 0.15) is 10.5 Å². The number of amides is 1. The predicted molar refractivity (Wildman–Crippen MR) is 105 cm³/mol. The van der Waals surface area contributed by atoms with Gasteiger partial charge in [-0.15, -0.1) is 11.3 Å². The summed E-state index contributed by atoms with van der Waals surface area (Å²) in [6, 6.07) is 8.07. The fourth-order valence-corrected chi connectivity index (χ4v) is 4.05. The predicted octanol–water partition coefficient (Wildman–Crippen LogP) is 2.50. The Hall–Kier alpha value is -2.23. The first-order valence-electron chi connectivity index (χ1n) is 8.20. The first kappa shape index (κ1) is 19.5. The van der Waals surface area contributed by atoms with Crippen molar-refractivity contribution in [2.75, 3.05) is 26.0 Å². The molecule has 9 heteroatoms. The van der Waals surface area contributed by atoms with E-state index in [1.54, 1.807) is 36.8 Å². The van der Waals surface area contributed by atoms with E-state index >= 15 is 0 Å². The molecule has 0 spiro atoms. The number of ether oxygens (including phenoxy) is 1. The summed E-state index contributed by atoms with van der Waals surface area (Å²) in [7, 11) is 1.56. The average molecular weight is 407 g/mol. The van der Waals surface area contributed by atoms with E-state index in [1.165, 1.54) is 22.0 Å². The third-order valence-corrected chi connectivity index (χ3v) is 5.65. The Bertz CT molecular complexity index is 1000. The maximum atomic E-state index is 14.1. The second kappa shape index (κ2) is 9.12. The van der Waals surface area contributed by atoms with Gasteiger partial charge in [0.15, 0.2) is 5.16 Å². The molecular weight excluding hydrogens is 389 g/mol. The highest BCUT2D eigenvalue weighted by atomic mass is 32.2. The van der Waals surface area contributed by atoms with E-state index in [4.69, 9.17) is 4.74 Å². The molecule has 1 amide bonds. The van der Waals surface area contributed by atoms with E-state index in [1.807, 2.05) is 0 Å². The van der Waals surface area contributed by atoms with Gasteiger partial charge in [0, 0.05) is 19.2 Å². The number of thiophene rings is 1. The molecule has 0 bridgehead atoms. The van der Waals surface area contributed by atoms with Crippen molar-refractivity contribution in [1.82, 2.24) is 14.9 Å². The summed E-state index contributed by atoms with van der Waals surface area (Å²) in [6.45, 7) is 0.891. The smallest absolute Gasteiger partial charge is 0.272 e. The van der Waals surface area contributed by atoms with Crippen molar-refractivity contribution in [2.45, 2.75) is 11.7 Å². The minimum Gasteiger partial charge on any atom is -0.383 e. The van der Waals surface area contributed by atoms with Crippen molar-refractivity contribution < 1.29 is 13.9 Å². The monoisotopic (exact) mass is 407 g/mol. The molecule has 0 unspecified atom stereocenters. The van der Waals surface area contributed by atoms with Gasteiger partial charge in [-0.25, -0.2) is 9.37 Å². The molecule has 0 aliphatic rings. The SMILES string of the molecule is COCCNC(=O)CSc1nc2ccsc2c(=O)n1Cc1ccccc1F. The molecule has 0 saturated carbocycles. The maximum Gasteiger partial charge on any atom is 0.272 e. The number of thioether (sulfide) groups is 1. The van der Waals surface area contributed by atoms with Gasteiger partial charge in [-0.1, -0.05) is 30.0 Å². The number of carbonyl (C=O) groups excluding carboxylic acids is 1. The quantitative estimate of drug-likeness (QED) is 0.353. The van der Waals surface area contributed by atoms with Gasteiger partial charge in [0.2, 0.25) is 5.91 Å². The number of rotatable bonds is 8. The topological polar surface area (TPSA) is 73.2 Å². The van der Waals surface area contributed by atoms with Gasteiger partial charge in [-0.2, -0.15) is 0 Å². The molecule has 2 aromatic heterocycles. The van der Waals surface area contributed by atoms with Crippen LogP contribution < -0.4 is 10.9 Å². The highest BCUT2D eigenvalue weighted by Crippen LogP contribution is 2.22. The molecule has 0 radical (unpaired) electrons. The molecule has 0 aliphatic heterocycles. The Morgan fingerprint density at radius 1 is 1.37 bits per heavy atom. The lowest BCUT2D eigenvalue weighted by Crippen LogP contribution is -2.29. The minimum atomic E-state index is -0.385. The third kappa shape index (κ3) is 4.74. The Morgan fingerprint density at radius 3 is 2.96 bits per heavy atom. The van der Waals surface area contributed by atoms with Gasteiger partial charge in [-0.3, -0.25) is 14.2 Å². The summed E-state index contributed by atoms with van der Waals surface area (Å²) < 4.78 is 20.9. The Kier molecular flexibility index (Phi) is 6.59. The average Bonchev–Trinajstić information content (AvgIpc) is 3.13. The first-order valence-corrected chi connectivity index (χ1v) is 10.1. The zero-order chi connectivity index (χ0) is 19.2. The van der Waals surface area contributed by atoms with Crippen LogP contribution in [0.3, 0.4) is 0 Å². The zero-order valence-electron chi connectivity index (χ0n) is 14.6. The van der Waals surface area contributed by atoms with Crippen LogP contribution in [-0.4, -0.2) is 41.5 Å². The Morgan fingerprint density at radius 2 is 2.19 bits per heavy atom. The summed E-state index contributed by atoms with van der Waals surface area (Å²) in [6.07, 6.45) is 0. The molecule has 0 atom stereocenters. The van der Waals surface area contributed by atoms with Gasteiger partial charge in [-0.05, 0) is 17.5 Å². The van der Waals surface area contributed by atoms with Crippen LogP contribution in [0, 0.1) is 5.82 Å². The van der Waals surface area contributed by atoms with E-state index in [0.717, 1.165) is 11.8 Å². The highest BCUT2D eigenvalue weighted by molar-refractivity contribution is 7.99. The molecule has 3 aromatic rings. The molecular formula is C18H18FN3O3S2. The first-order chi connectivity index (χ1) is 13.1. The van der Waals surface area contributed by atoms with E-state index in [2.05, 4.69) is 10.3 Å². The third-order valence-electron chi connectivity index (χ3n) is 3.78. The lowest BCUT2D eigenvalue weighted by atomic mass is 10.2. The minimum absolute atomic E-state index is 0.0555. The van der Waals surface area contributed by atoms with Crippen molar-refractivity contribution in [3.05, 3.63) is 57.4 Å². The maximum absolute atomic E-state index is 14.1. The van der Waals surface area contributed by atoms with Crippen molar-refractivity contribution >= 4 is 39.2 Å². The van der Waals surface area contributed by atoms with Gasteiger partial charge >= 0.3 is 0 Å². The lowest BCUT2D eigenvalue weighted by Gasteiger charge is -2.12. The summed E-state index contributed by atoms with van der Waals surface area (Å²) >= 11 is 2.45. The summed E-state index contributed by atoms with van der Waals surface area (Å²) in [5, 5.41) is 4.90. The van der Waals surface area contributed by atoms with Crippen molar-refractivity contribution in [3.63, 3.8) is 0 Å². The van der Waals surface area contributed by atoms with Crippen LogP contribution in [0.25, 0.3) is 10.2 Å². The van der Waals surface area contributed by atoms with Crippen LogP contribution >= 0.6 is 23.1 Å². The molecule has 1 N–H and O–H groups in total. The number of carbonyl (C=O) groups is 1. The van der Waals surface area contributed by atoms with Crippen LogP contribution in [0.1, 0.15) is 5.56 Å². The molecule has 142 valence electrons. The number of benzene rings is 1. The molecule has 0 saturated heterocycles. The fourth-order valence-electron chi connectivity index (χ4n) is 2.44. The summed E-state index contributed by atoms with van der Waals surface area (Å²) in [5.41, 5.74) is 0.737. The number of methoxy groups -OCH3 is 1. The van der Waals surface area contributed by atoms with Crippen molar-refractivity contribution in [2.24, 2.45) is 0 Å². The molecule has 3 rings (SSSR count). The van der Waals surface area contributed by atoms with E-state index < -0.39 is 0 Å². The van der Waals surface area contributed by atoms with E-state index in [9.17, 15) is 14.0 Å². The van der Waals surface area contributed by atoms with Gasteiger partial charge in [0.25, 0.3) is 5.56 Å². The van der Waals surface area contributed by atoms with Gasteiger partial charge in [0.05, 0.1) is 24.4 Å². The number of hydrogen-bond acceptors (Lipinski definition) is 6. The number of halogens is 1. The number of fused-ring (bicyclic) bond motifs is 1. The zero-order valence-corrected chi connectivity index (χ0v) is 16.2. The molecule has 0 fully saturated rings. The van der Waals surface area contributed by atoms with E-state index in [-0.39, 0.29) is 29.6 Å². The van der Waals surface area contributed by atoms with Crippen LogP contribution in [0.2, 0.25) is 0 Å². The summed E-state index contributed by atoms with van der Waals surface area (Å²) in [4.78, 5) is 29.3. The molecule has 6 nitrogen and oxygen atoms in total. The molecule has 2 heterocycles. The van der Waals surface area contributed by atoms with Crippen LogP contribution in [0.5, 0.6) is 0 Å². The standard InChI is InChI=1S/C18H18FN3O3S2/c1-25-8-7-20-15(23)11-27-18-21-14-6-9-26-16(14)17(24)22(18)10-12-4-2-3-5-13(12)19/h2-6,9H,7-8,10-11H2,1H3,(H,20,23). The number of aromatic nitrogens is 2. The van der Waals surface area contributed by atoms with Gasteiger partial charge < -0.3 is 10.1 Å². The summed E-state index contributed by atoms with van der Waals surface area (Å²) in [5.74, 6) is -0.471. The normalized spacial score (nSPS) is 11.0. The van der Waals surface area contributed by atoms with Crippen LogP contribution in [0.15, 0.2) is 45.7 Å². The van der Waals surface area contributed by atoms with Crippen molar-refractivity contribution in [1.29, 1.82) is 0 Å². The molecule has 0 aliphatic carbocycles.